The molecule has 1 heterocycles. The van der Waals surface area contributed by atoms with Crippen molar-refractivity contribution in [2.45, 2.75) is 38.8 Å². The van der Waals surface area contributed by atoms with Crippen LogP contribution >= 0.6 is 11.8 Å². The van der Waals surface area contributed by atoms with Crippen molar-refractivity contribution < 1.29 is 9.66 Å². The Kier molecular flexibility index (Phi) is 5.11. The summed E-state index contributed by atoms with van der Waals surface area (Å²) >= 11 is 1.96. The van der Waals surface area contributed by atoms with Gasteiger partial charge in [-0.2, -0.15) is 11.8 Å². The number of thioether (sulfide) groups is 1. The van der Waals surface area contributed by atoms with Crippen LogP contribution in [0.25, 0.3) is 0 Å². The Hall–Kier alpha value is -1.43. The van der Waals surface area contributed by atoms with Gasteiger partial charge in [0.05, 0.1) is 17.1 Å². The number of ether oxygens (including phenoxy) is 1. The highest BCUT2D eigenvalue weighted by Crippen LogP contribution is 2.29. The summed E-state index contributed by atoms with van der Waals surface area (Å²) in [6.07, 6.45) is 2.18. The van der Waals surface area contributed by atoms with E-state index >= 15 is 0 Å². The summed E-state index contributed by atoms with van der Waals surface area (Å²) in [6, 6.07) is 5.29. The summed E-state index contributed by atoms with van der Waals surface area (Å²) < 4.78 is 5.59. The minimum Gasteiger partial charge on any atom is -0.491 e. The zero-order valence-corrected chi connectivity index (χ0v) is 12.6. The van der Waals surface area contributed by atoms with E-state index in [4.69, 9.17) is 4.74 Å². The van der Waals surface area contributed by atoms with Gasteiger partial charge >= 0.3 is 0 Å². The number of nitrogens with one attached hydrogen (secondary N) is 1. The number of hydrogen-bond acceptors (Lipinski definition) is 5. The quantitative estimate of drug-likeness (QED) is 0.663. The SMILES string of the molecule is CC(C)Oc1cc(NC2CCSCC2)cc([N+](=O)[O-])c1. The number of rotatable bonds is 5. The molecule has 1 N–H and O–H groups in total. The molecule has 2 rings (SSSR count). The van der Waals surface area contributed by atoms with Crippen molar-refractivity contribution in [2.75, 3.05) is 16.8 Å². The number of hydrogen-bond donors (Lipinski definition) is 1. The minimum absolute atomic E-state index is 0.00376. The molecule has 0 saturated carbocycles. The van der Waals surface area contributed by atoms with Gasteiger partial charge < -0.3 is 10.1 Å². The fraction of sp³-hybridized carbons (Fsp3) is 0.571. The second-order valence-corrected chi connectivity index (χ2v) is 6.40. The van der Waals surface area contributed by atoms with Crippen LogP contribution in [0, 0.1) is 10.1 Å². The Morgan fingerprint density at radius 1 is 1.35 bits per heavy atom. The number of benzene rings is 1. The molecule has 110 valence electrons. The third kappa shape index (κ3) is 4.30. The van der Waals surface area contributed by atoms with E-state index in [1.54, 1.807) is 6.07 Å². The van der Waals surface area contributed by atoms with Crippen LogP contribution in [0.4, 0.5) is 11.4 Å². The van der Waals surface area contributed by atoms with Crippen molar-refractivity contribution in [1.82, 2.24) is 0 Å². The van der Waals surface area contributed by atoms with Crippen LogP contribution < -0.4 is 10.1 Å². The Labute approximate surface area is 123 Å². The Morgan fingerprint density at radius 2 is 2.05 bits per heavy atom. The van der Waals surface area contributed by atoms with E-state index in [9.17, 15) is 10.1 Å². The van der Waals surface area contributed by atoms with E-state index in [2.05, 4.69) is 5.32 Å². The highest BCUT2D eigenvalue weighted by molar-refractivity contribution is 7.99. The van der Waals surface area contributed by atoms with Gasteiger partial charge in [0.15, 0.2) is 0 Å². The first-order valence-corrected chi connectivity index (χ1v) is 8.00. The standard InChI is InChI=1S/C14H20N2O3S/c1-10(2)19-14-8-12(7-13(9-14)16(17)18)15-11-3-5-20-6-4-11/h7-11,15H,3-6H2,1-2H3. The molecule has 5 nitrogen and oxygen atoms in total. The predicted octanol–water partition coefficient (Wildman–Crippen LogP) is 3.69. The molecule has 1 aromatic rings. The van der Waals surface area contributed by atoms with Crippen molar-refractivity contribution in [3.63, 3.8) is 0 Å². The number of nitrogens with zero attached hydrogens (tertiary/aromatic N) is 1. The van der Waals surface area contributed by atoms with Gasteiger partial charge in [-0.1, -0.05) is 0 Å². The van der Waals surface area contributed by atoms with E-state index in [0.29, 0.717) is 11.8 Å². The van der Waals surface area contributed by atoms with Gasteiger partial charge in [0.2, 0.25) is 0 Å². The fourth-order valence-corrected chi connectivity index (χ4v) is 3.30. The van der Waals surface area contributed by atoms with Crippen LogP contribution in [0.3, 0.4) is 0 Å². The fourth-order valence-electron chi connectivity index (χ4n) is 2.19. The largest absolute Gasteiger partial charge is 0.491 e. The Bertz CT molecular complexity index is 473. The Morgan fingerprint density at radius 3 is 2.65 bits per heavy atom. The van der Waals surface area contributed by atoms with Gasteiger partial charge in [0, 0.05) is 23.9 Å². The lowest BCUT2D eigenvalue weighted by Gasteiger charge is -2.24. The average Bonchev–Trinajstić information content (AvgIpc) is 2.38. The smallest absolute Gasteiger partial charge is 0.275 e. The molecular weight excluding hydrogens is 276 g/mol. The second kappa shape index (κ2) is 6.83. The molecule has 0 spiro atoms. The summed E-state index contributed by atoms with van der Waals surface area (Å²) in [4.78, 5) is 10.6. The normalized spacial score (nSPS) is 16.1. The molecule has 1 aromatic carbocycles. The van der Waals surface area contributed by atoms with E-state index in [-0.39, 0.29) is 16.7 Å². The molecule has 1 aliphatic rings. The first-order chi connectivity index (χ1) is 9.54. The van der Waals surface area contributed by atoms with E-state index in [1.165, 1.54) is 6.07 Å². The molecule has 1 fully saturated rings. The molecule has 0 bridgehead atoms. The third-order valence-electron chi connectivity index (χ3n) is 3.07. The van der Waals surface area contributed by atoms with Crippen LogP contribution in [-0.2, 0) is 0 Å². The molecule has 20 heavy (non-hydrogen) atoms. The van der Waals surface area contributed by atoms with Gasteiger partial charge in [0.25, 0.3) is 5.69 Å². The summed E-state index contributed by atoms with van der Waals surface area (Å²) in [5.74, 6) is 2.83. The van der Waals surface area contributed by atoms with Crippen molar-refractivity contribution >= 4 is 23.1 Å². The topological polar surface area (TPSA) is 64.4 Å². The summed E-state index contributed by atoms with van der Waals surface area (Å²) in [6.45, 7) is 3.81. The summed E-state index contributed by atoms with van der Waals surface area (Å²) in [7, 11) is 0. The first kappa shape index (κ1) is 15.0. The summed E-state index contributed by atoms with van der Waals surface area (Å²) in [5.41, 5.74) is 0.836. The van der Waals surface area contributed by atoms with Gasteiger partial charge in [-0.15, -0.1) is 0 Å². The molecule has 0 atom stereocenters. The maximum absolute atomic E-state index is 11.0. The van der Waals surface area contributed by atoms with E-state index in [1.807, 2.05) is 31.7 Å². The van der Waals surface area contributed by atoms with Crippen LogP contribution in [0.5, 0.6) is 5.75 Å². The van der Waals surface area contributed by atoms with Crippen LogP contribution in [0.1, 0.15) is 26.7 Å². The molecule has 0 amide bonds. The van der Waals surface area contributed by atoms with Gasteiger partial charge in [-0.3, -0.25) is 10.1 Å². The maximum atomic E-state index is 11.0. The molecule has 0 aromatic heterocycles. The number of nitro benzene ring substituents is 1. The van der Waals surface area contributed by atoms with E-state index < -0.39 is 0 Å². The van der Waals surface area contributed by atoms with Gasteiger partial charge in [-0.25, -0.2) is 0 Å². The molecule has 1 saturated heterocycles. The maximum Gasteiger partial charge on any atom is 0.275 e. The van der Waals surface area contributed by atoms with Crippen molar-refractivity contribution in [3.05, 3.63) is 28.3 Å². The molecule has 0 aliphatic carbocycles. The lowest BCUT2D eigenvalue weighted by molar-refractivity contribution is -0.384. The lowest BCUT2D eigenvalue weighted by atomic mass is 10.1. The molecular formula is C14H20N2O3S. The number of nitro groups is 1. The van der Waals surface area contributed by atoms with Gasteiger partial charge in [-0.05, 0) is 38.2 Å². The second-order valence-electron chi connectivity index (χ2n) is 5.17. The van der Waals surface area contributed by atoms with Gasteiger partial charge in [0.1, 0.15) is 5.75 Å². The molecule has 6 heteroatoms. The highest BCUT2D eigenvalue weighted by atomic mass is 32.2. The predicted molar refractivity (Wildman–Crippen MR) is 82.8 cm³/mol. The number of non-ortho nitro benzene ring substituents is 1. The zero-order chi connectivity index (χ0) is 14.5. The van der Waals surface area contributed by atoms with Crippen LogP contribution in [0.15, 0.2) is 18.2 Å². The van der Waals surface area contributed by atoms with Crippen LogP contribution in [-0.4, -0.2) is 28.6 Å². The van der Waals surface area contributed by atoms with Crippen molar-refractivity contribution in [2.24, 2.45) is 0 Å². The van der Waals surface area contributed by atoms with Crippen molar-refractivity contribution in [1.29, 1.82) is 0 Å². The lowest BCUT2D eigenvalue weighted by Crippen LogP contribution is -2.24. The van der Waals surface area contributed by atoms with Crippen LogP contribution in [0.2, 0.25) is 0 Å². The van der Waals surface area contributed by atoms with E-state index in [0.717, 1.165) is 30.0 Å². The molecule has 0 unspecified atom stereocenters. The zero-order valence-electron chi connectivity index (χ0n) is 11.8. The molecule has 0 radical (unpaired) electrons. The monoisotopic (exact) mass is 296 g/mol. The third-order valence-corrected chi connectivity index (χ3v) is 4.11. The summed E-state index contributed by atoms with van der Waals surface area (Å²) in [5, 5.41) is 14.4. The molecule has 1 aliphatic heterocycles. The Balaban J connectivity index is 2.17. The minimum atomic E-state index is -0.380. The first-order valence-electron chi connectivity index (χ1n) is 6.85. The highest BCUT2D eigenvalue weighted by Gasteiger charge is 2.16. The number of anilines is 1. The van der Waals surface area contributed by atoms with Crippen molar-refractivity contribution in [3.8, 4) is 5.75 Å². The average molecular weight is 296 g/mol.